The highest BCUT2D eigenvalue weighted by Gasteiger charge is 2.18. The number of halogens is 2. The van der Waals surface area contributed by atoms with Gasteiger partial charge in [0.25, 0.3) is 5.91 Å². The Bertz CT molecular complexity index is 1430. The van der Waals surface area contributed by atoms with Crippen molar-refractivity contribution in [2.24, 2.45) is 0 Å². The average Bonchev–Trinajstić information content (AvgIpc) is 3.27. The molecule has 0 atom stereocenters. The van der Waals surface area contributed by atoms with Crippen LogP contribution in [0.5, 0.6) is 0 Å². The molecular formula is C24H14Cl2N4O2. The van der Waals surface area contributed by atoms with E-state index in [1.165, 1.54) is 0 Å². The highest BCUT2D eigenvalue weighted by molar-refractivity contribution is 6.31. The van der Waals surface area contributed by atoms with E-state index in [0.29, 0.717) is 37.8 Å². The molecule has 1 amide bonds. The highest BCUT2D eigenvalue weighted by atomic mass is 35.5. The van der Waals surface area contributed by atoms with Crippen molar-refractivity contribution in [3.8, 4) is 22.7 Å². The van der Waals surface area contributed by atoms with E-state index in [2.05, 4.69) is 20.5 Å². The van der Waals surface area contributed by atoms with E-state index in [0.717, 1.165) is 5.56 Å². The molecule has 2 aromatic heterocycles. The minimum atomic E-state index is -0.414. The first-order chi connectivity index (χ1) is 15.6. The average molecular weight is 461 g/mol. The molecule has 0 unspecified atom stereocenters. The number of hydrogen-bond acceptors (Lipinski definition) is 5. The summed E-state index contributed by atoms with van der Waals surface area (Å²) < 4.78 is 5.61. The topological polar surface area (TPSA) is 80.9 Å². The minimum Gasteiger partial charge on any atom is -0.403 e. The van der Waals surface area contributed by atoms with E-state index in [1.54, 1.807) is 48.5 Å². The molecule has 5 rings (SSSR count). The molecule has 0 saturated heterocycles. The lowest BCUT2D eigenvalue weighted by Gasteiger charge is -2.09. The molecule has 0 radical (unpaired) electrons. The van der Waals surface area contributed by atoms with Gasteiger partial charge in [0.15, 0.2) is 0 Å². The van der Waals surface area contributed by atoms with Crippen molar-refractivity contribution in [1.29, 1.82) is 0 Å². The summed E-state index contributed by atoms with van der Waals surface area (Å²) in [7, 11) is 0. The third-order valence-corrected chi connectivity index (χ3v) is 5.31. The maximum atomic E-state index is 13.2. The molecule has 0 fully saturated rings. The summed E-state index contributed by atoms with van der Waals surface area (Å²) in [5.41, 5.74) is 3.28. The Morgan fingerprint density at radius 3 is 2.34 bits per heavy atom. The smallest absolute Gasteiger partial charge is 0.322 e. The highest BCUT2D eigenvalue weighted by Crippen LogP contribution is 2.28. The van der Waals surface area contributed by atoms with Crippen LogP contribution >= 0.6 is 23.2 Å². The van der Waals surface area contributed by atoms with Crippen molar-refractivity contribution in [3.63, 3.8) is 0 Å². The van der Waals surface area contributed by atoms with Crippen molar-refractivity contribution in [3.05, 3.63) is 94.5 Å². The molecule has 0 aliphatic heterocycles. The van der Waals surface area contributed by atoms with E-state index < -0.39 is 5.91 Å². The van der Waals surface area contributed by atoms with Crippen LogP contribution in [0.3, 0.4) is 0 Å². The van der Waals surface area contributed by atoms with Crippen LogP contribution in [0, 0.1) is 0 Å². The zero-order chi connectivity index (χ0) is 22.1. The number of carbonyl (C=O) groups excluding carboxylic acids is 1. The Kier molecular flexibility index (Phi) is 5.31. The number of amides is 1. The standard InChI is InChI=1S/C24H14Cl2N4O2/c25-16-8-6-15(7-9-16)23-29-30-24(32-23)28-22(31)19-13-21(14-4-2-1-3-5-14)27-20-11-10-17(26)12-18(19)20/h1-13H,(H,28,30,31). The van der Waals surface area contributed by atoms with Crippen molar-refractivity contribution < 1.29 is 9.21 Å². The first-order valence-electron chi connectivity index (χ1n) is 9.63. The summed E-state index contributed by atoms with van der Waals surface area (Å²) in [6.45, 7) is 0. The van der Waals surface area contributed by atoms with E-state index in [1.807, 2.05) is 30.3 Å². The molecule has 5 aromatic rings. The Morgan fingerprint density at radius 1 is 0.812 bits per heavy atom. The molecule has 0 aliphatic rings. The third-order valence-electron chi connectivity index (χ3n) is 4.82. The van der Waals surface area contributed by atoms with E-state index in [-0.39, 0.29) is 11.9 Å². The van der Waals surface area contributed by atoms with E-state index in [4.69, 9.17) is 27.6 Å². The monoisotopic (exact) mass is 460 g/mol. The lowest BCUT2D eigenvalue weighted by molar-refractivity contribution is 0.102. The largest absolute Gasteiger partial charge is 0.403 e. The zero-order valence-corrected chi connectivity index (χ0v) is 17.9. The second kappa shape index (κ2) is 8.42. The summed E-state index contributed by atoms with van der Waals surface area (Å²) in [6.07, 6.45) is 0. The van der Waals surface area contributed by atoms with Gasteiger partial charge in [0, 0.05) is 26.6 Å². The minimum absolute atomic E-state index is 0.0202. The van der Waals surface area contributed by atoms with Gasteiger partial charge in [-0.3, -0.25) is 10.1 Å². The summed E-state index contributed by atoms with van der Waals surface area (Å²) in [4.78, 5) is 17.9. The first-order valence-corrected chi connectivity index (χ1v) is 10.4. The predicted molar refractivity (Wildman–Crippen MR) is 125 cm³/mol. The normalized spacial score (nSPS) is 10.9. The van der Waals surface area contributed by atoms with Gasteiger partial charge in [-0.25, -0.2) is 4.98 Å². The molecule has 156 valence electrons. The fourth-order valence-corrected chi connectivity index (χ4v) is 3.59. The number of benzene rings is 3. The first kappa shape index (κ1) is 20.2. The Labute approximate surface area is 192 Å². The summed E-state index contributed by atoms with van der Waals surface area (Å²) in [5.74, 6) is -0.146. The number of fused-ring (bicyclic) bond motifs is 1. The van der Waals surface area contributed by atoms with Gasteiger partial charge in [0.05, 0.1) is 16.8 Å². The van der Waals surface area contributed by atoms with Crippen LogP contribution in [0.15, 0.2) is 83.3 Å². The Morgan fingerprint density at radius 2 is 1.56 bits per heavy atom. The van der Waals surface area contributed by atoms with Crippen LogP contribution in [-0.2, 0) is 0 Å². The second-order valence-electron chi connectivity index (χ2n) is 6.96. The molecule has 6 nitrogen and oxygen atoms in total. The Balaban J connectivity index is 1.51. The maximum absolute atomic E-state index is 13.2. The number of aromatic nitrogens is 3. The summed E-state index contributed by atoms with van der Waals surface area (Å²) in [5, 5.41) is 12.3. The molecule has 32 heavy (non-hydrogen) atoms. The zero-order valence-electron chi connectivity index (χ0n) is 16.4. The van der Waals surface area contributed by atoms with Crippen LogP contribution in [0.4, 0.5) is 6.01 Å². The van der Waals surface area contributed by atoms with Gasteiger partial charge in [0.1, 0.15) is 0 Å². The molecule has 0 bridgehead atoms. The molecule has 8 heteroatoms. The number of rotatable bonds is 4. The van der Waals surface area contributed by atoms with Gasteiger partial charge in [-0.05, 0) is 48.5 Å². The van der Waals surface area contributed by atoms with Crippen LogP contribution in [0.1, 0.15) is 10.4 Å². The number of carbonyl (C=O) groups is 1. The fourth-order valence-electron chi connectivity index (χ4n) is 3.29. The molecular weight excluding hydrogens is 447 g/mol. The molecule has 0 saturated carbocycles. The Hall–Kier alpha value is -3.74. The lowest BCUT2D eigenvalue weighted by atomic mass is 10.0. The number of hydrogen-bond donors (Lipinski definition) is 1. The molecule has 3 aromatic carbocycles. The van der Waals surface area contributed by atoms with Gasteiger partial charge >= 0.3 is 6.01 Å². The van der Waals surface area contributed by atoms with Gasteiger partial charge < -0.3 is 4.42 Å². The number of pyridine rings is 1. The van der Waals surface area contributed by atoms with Crippen molar-refractivity contribution in [2.45, 2.75) is 0 Å². The van der Waals surface area contributed by atoms with E-state index in [9.17, 15) is 4.79 Å². The SMILES string of the molecule is O=C(Nc1nnc(-c2ccc(Cl)cc2)o1)c1cc(-c2ccccc2)nc2ccc(Cl)cc12. The number of nitrogens with zero attached hydrogens (tertiary/aromatic N) is 3. The van der Waals surface area contributed by atoms with Crippen molar-refractivity contribution in [1.82, 2.24) is 15.2 Å². The molecule has 0 spiro atoms. The molecule has 2 heterocycles. The summed E-state index contributed by atoms with van der Waals surface area (Å²) >= 11 is 12.1. The van der Waals surface area contributed by atoms with Crippen LogP contribution < -0.4 is 5.32 Å². The second-order valence-corrected chi connectivity index (χ2v) is 7.83. The van der Waals surface area contributed by atoms with Crippen molar-refractivity contribution >= 4 is 46.0 Å². The molecule has 1 N–H and O–H groups in total. The molecule has 0 aliphatic carbocycles. The lowest BCUT2D eigenvalue weighted by Crippen LogP contribution is -2.13. The van der Waals surface area contributed by atoms with Gasteiger partial charge in [0.2, 0.25) is 5.89 Å². The van der Waals surface area contributed by atoms with Crippen LogP contribution in [-0.4, -0.2) is 21.1 Å². The summed E-state index contributed by atoms with van der Waals surface area (Å²) in [6, 6.07) is 23.5. The maximum Gasteiger partial charge on any atom is 0.322 e. The van der Waals surface area contributed by atoms with Crippen molar-refractivity contribution in [2.75, 3.05) is 5.32 Å². The van der Waals surface area contributed by atoms with Gasteiger partial charge in [-0.2, -0.15) is 0 Å². The quantitative estimate of drug-likeness (QED) is 0.330. The van der Waals surface area contributed by atoms with Crippen LogP contribution in [0.2, 0.25) is 10.0 Å². The predicted octanol–water partition coefficient (Wildman–Crippen LogP) is 6.51. The number of anilines is 1. The van der Waals surface area contributed by atoms with Gasteiger partial charge in [-0.15, -0.1) is 5.10 Å². The van der Waals surface area contributed by atoms with Crippen LogP contribution in [0.25, 0.3) is 33.6 Å². The third kappa shape index (κ3) is 4.06. The fraction of sp³-hybridized carbons (Fsp3) is 0. The van der Waals surface area contributed by atoms with Gasteiger partial charge in [-0.1, -0.05) is 58.6 Å². The number of nitrogens with one attached hydrogen (secondary N) is 1. The van der Waals surface area contributed by atoms with E-state index >= 15 is 0 Å².